The molecule has 1 atom stereocenters. The van der Waals surface area contributed by atoms with Gasteiger partial charge in [0.05, 0.1) is 0 Å². The van der Waals surface area contributed by atoms with Crippen molar-refractivity contribution < 1.29 is 0 Å². The zero-order valence-corrected chi connectivity index (χ0v) is 9.20. The van der Waals surface area contributed by atoms with Gasteiger partial charge in [-0.05, 0) is 32.6 Å². The molecule has 0 bridgehead atoms. The van der Waals surface area contributed by atoms with Crippen molar-refractivity contribution in [2.75, 3.05) is 27.2 Å². The van der Waals surface area contributed by atoms with E-state index in [2.05, 4.69) is 42.3 Å². The van der Waals surface area contributed by atoms with Crippen molar-refractivity contribution >= 4 is 0 Å². The SMILES string of the molecule is CC(NCCN(C)C)c1cccnc1. The van der Waals surface area contributed by atoms with E-state index in [4.69, 9.17) is 0 Å². The number of hydrogen-bond donors (Lipinski definition) is 1. The highest BCUT2D eigenvalue weighted by atomic mass is 15.1. The summed E-state index contributed by atoms with van der Waals surface area (Å²) in [5.74, 6) is 0. The third kappa shape index (κ3) is 3.85. The van der Waals surface area contributed by atoms with Crippen LogP contribution in [0, 0.1) is 0 Å². The third-order valence-corrected chi connectivity index (χ3v) is 2.19. The Balaban J connectivity index is 2.32. The fourth-order valence-corrected chi connectivity index (χ4v) is 1.25. The fourth-order valence-electron chi connectivity index (χ4n) is 1.25. The van der Waals surface area contributed by atoms with Gasteiger partial charge >= 0.3 is 0 Å². The van der Waals surface area contributed by atoms with E-state index in [0.29, 0.717) is 6.04 Å². The first-order valence-electron chi connectivity index (χ1n) is 4.98. The molecule has 1 aromatic rings. The first-order valence-corrected chi connectivity index (χ1v) is 4.98. The number of nitrogens with one attached hydrogen (secondary N) is 1. The Bertz CT molecular complexity index is 246. The minimum Gasteiger partial charge on any atom is -0.309 e. The normalized spacial score (nSPS) is 13.1. The van der Waals surface area contributed by atoms with Crippen molar-refractivity contribution in [3.63, 3.8) is 0 Å². The smallest absolute Gasteiger partial charge is 0.0315 e. The average Bonchev–Trinajstić information content (AvgIpc) is 2.18. The molecule has 0 radical (unpaired) electrons. The van der Waals surface area contributed by atoms with E-state index in [1.54, 1.807) is 6.20 Å². The molecule has 0 saturated carbocycles. The Hall–Kier alpha value is -0.930. The van der Waals surface area contributed by atoms with Crippen LogP contribution in [0.3, 0.4) is 0 Å². The van der Waals surface area contributed by atoms with E-state index in [0.717, 1.165) is 13.1 Å². The maximum Gasteiger partial charge on any atom is 0.0315 e. The first-order chi connectivity index (χ1) is 6.70. The van der Waals surface area contributed by atoms with Gasteiger partial charge in [0, 0.05) is 31.5 Å². The van der Waals surface area contributed by atoms with Crippen molar-refractivity contribution in [3.8, 4) is 0 Å². The summed E-state index contributed by atoms with van der Waals surface area (Å²) in [7, 11) is 4.16. The second kappa shape index (κ2) is 5.73. The molecular formula is C11H19N3. The Kier molecular flexibility index (Phi) is 4.56. The van der Waals surface area contributed by atoms with E-state index >= 15 is 0 Å². The molecule has 1 aromatic heterocycles. The van der Waals surface area contributed by atoms with Gasteiger partial charge in [0.2, 0.25) is 0 Å². The van der Waals surface area contributed by atoms with Crippen LogP contribution in [0.5, 0.6) is 0 Å². The maximum absolute atomic E-state index is 4.10. The molecule has 0 aliphatic carbocycles. The molecule has 0 aliphatic rings. The van der Waals surface area contributed by atoms with Crippen molar-refractivity contribution in [2.45, 2.75) is 13.0 Å². The number of nitrogens with zero attached hydrogens (tertiary/aromatic N) is 2. The molecule has 3 nitrogen and oxygen atoms in total. The summed E-state index contributed by atoms with van der Waals surface area (Å²) in [6.45, 7) is 4.22. The Labute approximate surface area is 86.2 Å². The van der Waals surface area contributed by atoms with E-state index in [-0.39, 0.29) is 0 Å². The van der Waals surface area contributed by atoms with Crippen LogP contribution in [0.25, 0.3) is 0 Å². The molecular weight excluding hydrogens is 174 g/mol. The summed E-state index contributed by atoms with van der Waals surface area (Å²) in [4.78, 5) is 6.27. The summed E-state index contributed by atoms with van der Waals surface area (Å²) in [6, 6.07) is 4.45. The molecule has 1 N–H and O–H groups in total. The maximum atomic E-state index is 4.10. The fraction of sp³-hybridized carbons (Fsp3) is 0.545. The van der Waals surface area contributed by atoms with Gasteiger partial charge in [-0.2, -0.15) is 0 Å². The van der Waals surface area contributed by atoms with Crippen LogP contribution >= 0.6 is 0 Å². The summed E-state index contributed by atoms with van der Waals surface area (Å²) in [5, 5.41) is 3.45. The predicted molar refractivity (Wildman–Crippen MR) is 59.2 cm³/mol. The van der Waals surface area contributed by atoms with Gasteiger partial charge in [-0.3, -0.25) is 4.98 Å². The lowest BCUT2D eigenvalue weighted by molar-refractivity contribution is 0.389. The van der Waals surface area contributed by atoms with Crippen molar-refractivity contribution in [1.29, 1.82) is 0 Å². The highest BCUT2D eigenvalue weighted by molar-refractivity contribution is 5.12. The summed E-state index contributed by atoms with van der Waals surface area (Å²) >= 11 is 0. The minimum absolute atomic E-state index is 0.378. The Morgan fingerprint density at radius 2 is 2.29 bits per heavy atom. The van der Waals surface area contributed by atoms with Crippen LogP contribution in [-0.4, -0.2) is 37.1 Å². The first kappa shape index (κ1) is 11.1. The number of pyridine rings is 1. The topological polar surface area (TPSA) is 28.2 Å². The van der Waals surface area contributed by atoms with Crippen LogP contribution in [0.4, 0.5) is 0 Å². The molecule has 0 fully saturated rings. The van der Waals surface area contributed by atoms with Gasteiger partial charge in [0.1, 0.15) is 0 Å². The number of aromatic nitrogens is 1. The molecule has 0 amide bonds. The largest absolute Gasteiger partial charge is 0.309 e. The second-order valence-electron chi connectivity index (χ2n) is 3.77. The molecule has 14 heavy (non-hydrogen) atoms. The molecule has 0 saturated heterocycles. The van der Waals surface area contributed by atoms with Crippen molar-refractivity contribution in [1.82, 2.24) is 15.2 Å². The zero-order valence-electron chi connectivity index (χ0n) is 9.20. The van der Waals surface area contributed by atoms with Crippen molar-refractivity contribution in [3.05, 3.63) is 30.1 Å². The van der Waals surface area contributed by atoms with Crippen molar-refractivity contribution in [2.24, 2.45) is 0 Å². The lowest BCUT2D eigenvalue weighted by atomic mass is 10.1. The molecule has 1 rings (SSSR count). The quantitative estimate of drug-likeness (QED) is 0.764. The number of likely N-dealkylation sites (N-methyl/N-ethyl adjacent to an activating group) is 1. The predicted octanol–water partition coefficient (Wildman–Crippen LogP) is 1.29. The number of rotatable bonds is 5. The standard InChI is InChI=1S/C11H19N3/c1-10(13-7-8-14(2)3)11-5-4-6-12-9-11/h4-6,9-10,13H,7-8H2,1-3H3. The average molecular weight is 193 g/mol. The van der Waals surface area contributed by atoms with Crippen LogP contribution in [-0.2, 0) is 0 Å². The van der Waals surface area contributed by atoms with Crippen LogP contribution in [0.15, 0.2) is 24.5 Å². The van der Waals surface area contributed by atoms with Gasteiger partial charge in [-0.15, -0.1) is 0 Å². The second-order valence-corrected chi connectivity index (χ2v) is 3.77. The molecule has 0 aromatic carbocycles. The van der Waals surface area contributed by atoms with Crippen LogP contribution in [0.1, 0.15) is 18.5 Å². The molecule has 1 unspecified atom stereocenters. The van der Waals surface area contributed by atoms with E-state index in [9.17, 15) is 0 Å². The van der Waals surface area contributed by atoms with Crippen LogP contribution in [0.2, 0.25) is 0 Å². The monoisotopic (exact) mass is 193 g/mol. The van der Waals surface area contributed by atoms with E-state index in [1.807, 2.05) is 12.3 Å². The third-order valence-electron chi connectivity index (χ3n) is 2.19. The summed E-state index contributed by atoms with van der Waals surface area (Å²) in [6.07, 6.45) is 3.71. The zero-order chi connectivity index (χ0) is 10.4. The molecule has 78 valence electrons. The molecule has 0 aliphatic heterocycles. The highest BCUT2D eigenvalue weighted by Crippen LogP contribution is 2.08. The van der Waals surface area contributed by atoms with Gasteiger partial charge < -0.3 is 10.2 Å². The highest BCUT2D eigenvalue weighted by Gasteiger charge is 2.03. The van der Waals surface area contributed by atoms with Gasteiger partial charge in [-0.25, -0.2) is 0 Å². The van der Waals surface area contributed by atoms with E-state index < -0.39 is 0 Å². The molecule has 0 spiro atoms. The Morgan fingerprint density at radius 1 is 1.50 bits per heavy atom. The lowest BCUT2D eigenvalue weighted by Crippen LogP contribution is -2.28. The lowest BCUT2D eigenvalue weighted by Gasteiger charge is -2.15. The van der Waals surface area contributed by atoms with Gasteiger partial charge in [-0.1, -0.05) is 6.07 Å². The molecule has 1 heterocycles. The van der Waals surface area contributed by atoms with Crippen LogP contribution < -0.4 is 5.32 Å². The van der Waals surface area contributed by atoms with Gasteiger partial charge in [0.15, 0.2) is 0 Å². The summed E-state index contributed by atoms with van der Waals surface area (Å²) in [5.41, 5.74) is 1.24. The minimum atomic E-state index is 0.378. The Morgan fingerprint density at radius 3 is 2.86 bits per heavy atom. The van der Waals surface area contributed by atoms with Gasteiger partial charge in [0.25, 0.3) is 0 Å². The van der Waals surface area contributed by atoms with E-state index in [1.165, 1.54) is 5.56 Å². The summed E-state index contributed by atoms with van der Waals surface area (Å²) < 4.78 is 0. The number of hydrogen-bond acceptors (Lipinski definition) is 3. The molecule has 3 heteroatoms.